The van der Waals surface area contributed by atoms with E-state index in [2.05, 4.69) is 36.1 Å². The Kier molecular flexibility index (Phi) is 6.40. The fraction of sp³-hybridized carbons (Fsp3) is 0.409. The summed E-state index contributed by atoms with van der Waals surface area (Å²) in [7, 11) is 0. The predicted octanol–water partition coefficient (Wildman–Crippen LogP) is 3.88. The van der Waals surface area contributed by atoms with Gasteiger partial charge >= 0.3 is 0 Å². The van der Waals surface area contributed by atoms with Gasteiger partial charge in [-0.05, 0) is 43.0 Å². The van der Waals surface area contributed by atoms with E-state index in [1.54, 1.807) is 6.07 Å². The molecule has 1 atom stereocenters. The van der Waals surface area contributed by atoms with Crippen LogP contribution in [-0.2, 0) is 17.8 Å². The van der Waals surface area contributed by atoms with Gasteiger partial charge in [-0.3, -0.25) is 9.69 Å². The number of carbonyl (C=O) groups excluding carboxylic acids is 1. The summed E-state index contributed by atoms with van der Waals surface area (Å²) in [5.74, 6) is -0.0899. The van der Waals surface area contributed by atoms with Crippen LogP contribution >= 0.6 is 0 Å². The van der Waals surface area contributed by atoms with E-state index in [4.69, 9.17) is 0 Å². The minimum atomic E-state index is -0.249. The van der Waals surface area contributed by atoms with Gasteiger partial charge in [0.1, 0.15) is 5.82 Å². The van der Waals surface area contributed by atoms with Crippen molar-refractivity contribution < 1.29 is 9.18 Å². The zero-order valence-electron chi connectivity index (χ0n) is 15.4. The van der Waals surface area contributed by atoms with Crippen molar-refractivity contribution in [1.82, 2.24) is 9.80 Å². The average Bonchev–Trinajstić information content (AvgIpc) is 2.83. The monoisotopic (exact) mass is 354 g/mol. The normalized spacial score (nSPS) is 17.2. The fourth-order valence-electron chi connectivity index (χ4n) is 3.55. The standard InChI is InChI=1S/C22H27FN2O/c1-18(10-11-19-6-3-2-4-7-19)24-13-12-22(26)25(15-14-24)17-20-8-5-9-21(23)16-20/h2-9,16,18H,10-15,17H2,1H3/t18-/m0/s1. The van der Waals surface area contributed by atoms with Gasteiger partial charge in [-0.2, -0.15) is 0 Å². The van der Waals surface area contributed by atoms with E-state index in [1.165, 1.54) is 17.7 Å². The van der Waals surface area contributed by atoms with Gasteiger partial charge in [0.2, 0.25) is 5.91 Å². The molecule has 1 fully saturated rings. The number of aryl methyl sites for hydroxylation is 1. The highest BCUT2D eigenvalue weighted by Gasteiger charge is 2.23. The number of carbonyl (C=O) groups is 1. The van der Waals surface area contributed by atoms with Gasteiger partial charge in [-0.25, -0.2) is 4.39 Å². The molecule has 2 aromatic rings. The topological polar surface area (TPSA) is 23.6 Å². The van der Waals surface area contributed by atoms with Crippen LogP contribution in [0, 0.1) is 5.82 Å². The first-order chi connectivity index (χ1) is 12.6. The summed E-state index contributed by atoms with van der Waals surface area (Å²) < 4.78 is 13.4. The smallest absolute Gasteiger partial charge is 0.224 e. The van der Waals surface area contributed by atoms with Crippen molar-refractivity contribution in [3.63, 3.8) is 0 Å². The molecule has 3 rings (SSSR count). The summed E-state index contributed by atoms with van der Waals surface area (Å²) in [6, 6.07) is 17.5. The molecule has 0 N–H and O–H groups in total. The summed E-state index contributed by atoms with van der Waals surface area (Å²) in [5, 5.41) is 0. The van der Waals surface area contributed by atoms with E-state index in [0.717, 1.165) is 31.5 Å². The second kappa shape index (κ2) is 8.95. The van der Waals surface area contributed by atoms with Gasteiger partial charge in [0.25, 0.3) is 0 Å². The lowest BCUT2D eigenvalue weighted by atomic mass is 10.1. The number of rotatable bonds is 6. The molecule has 138 valence electrons. The van der Waals surface area contributed by atoms with Crippen molar-refractivity contribution >= 4 is 5.91 Å². The van der Waals surface area contributed by atoms with Gasteiger partial charge in [-0.1, -0.05) is 42.5 Å². The maximum atomic E-state index is 13.4. The predicted molar refractivity (Wildman–Crippen MR) is 102 cm³/mol. The minimum absolute atomic E-state index is 0.159. The highest BCUT2D eigenvalue weighted by Crippen LogP contribution is 2.15. The lowest BCUT2D eigenvalue weighted by Gasteiger charge is -2.27. The van der Waals surface area contributed by atoms with Crippen LogP contribution < -0.4 is 0 Å². The van der Waals surface area contributed by atoms with Crippen molar-refractivity contribution in [2.45, 2.75) is 38.8 Å². The van der Waals surface area contributed by atoms with Gasteiger partial charge in [0.15, 0.2) is 0 Å². The number of hydrogen-bond acceptors (Lipinski definition) is 2. The molecule has 0 unspecified atom stereocenters. The Morgan fingerprint density at radius 2 is 1.77 bits per heavy atom. The largest absolute Gasteiger partial charge is 0.337 e. The zero-order valence-corrected chi connectivity index (χ0v) is 15.4. The molecule has 0 aromatic heterocycles. The molecule has 3 nitrogen and oxygen atoms in total. The third-order valence-electron chi connectivity index (χ3n) is 5.20. The molecule has 2 aromatic carbocycles. The summed E-state index contributed by atoms with van der Waals surface area (Å²) >= 11 is 0. The van der Waals surface area contributed by atoms with Crippen LogP contribution in [0.4, 0.5) is 4.39 Å². The van der Waals surface area contributed by atoms with Crippen molar-refractivity contribution in [2.75, 3.05) is 19.6 Å². The molecule has 0 aliphatic carbocycles. The lowest BCUT2D eigenvalue weighted by Crippen LogP contribution is -2.37. The number of halogens is 1. The van der Waals surface area contributed by atoms with E-state index in [1.807, 2.05) is 17.0 Å². The van der Waals surface area contributed by atoms with Crippen molar-refractivity contribution in [3.8, 4) is 0 Å². The Hall–Kier alpha value is -2.20. The van der Waals surface area contributed by atoms with Gasteiger partial charge in [-0.15, -0.1) is 0 Å². The Bertz CT molecular complexity index is 719. The first-order valence-electron chi connectivity index (χ1n) is 9.42. The first kappa shape index (κ1) is 18.6. The maximum absolute atomic E-state index is 13.4. The minimum Gasteiger partial charge on any atom is -0.337 e. The van der Waals surface area contributed by atoms with Gasteiger partial charge in [0.05, 0.1) is 0 Å². The second-order valence-electron chi connectivity index (χ2n) is 7.10. The Balaban J connectivity index is 1.53. The average molecular weight is 354 g/mol. The van der Waals surface area contributed by atoms with Crippen molar-refractivity contribution in [2.24, 2.45) is 0 Å². The molecule has 1 heterocycles. The van der Waals surface area contributed by atoms with Gasteiger partial charge in [0, 0.05) is 38.6 Å². The van der Waals surface area contributed by atoms with E-state index in [0.29, 0.717) is 25.6 Å². The van der Waals surface area contributed by atoms with E-state index >= 15 is 0 Å². The Labute approximate surface area is 155 Å². The summed E-state index contributed by atoms with van der Waals surface area (Å²) in [5.41, 5.74) is 2.21. The summed E-state index contributed by atoms with van der Waals surface area (Å²) in [6.45, 7) is 5.11. The van der Waals surface area contributed by atoms with Crippen LogP contribution in [0.1, 0.15) is 30.9 Å². The van der Waals surface area contributed by atoms with Crippen LogP contribution in [0.3, 0.4) is 0 Å². The highest BCUT2D eigenvalue weighted by molar-refractivity contribution is 5.76. The molecule has 1 aliphatic rings. The zero-order chi connectivity index (χ0) is 18.4. The third-order valence-corrected chi connectivity index (χ3v) is 5.20. The SMILES string of the molecule is C[C@@H](CCc1ccccc1)N1CCC(=O)N(Cc2cccc(F)c2)CC1. The van der Waals surface area contributed by atoms with E-state index in [-0.39, 0.29) is 11.7 Å². The highest BCUT2D eigenvalue weighted by atomic mass is 19.1. The number of nitrogens with zero attached hydrogens (tertiary/aromatic N) is 2. The number of amides is 1. The second-order valence-corrected chi connectivity index (χ2v) is 7.10. The van der Waals surface area contributed by atoms with Crippen LogP contribution in [-0.4, -0.2) is 41.4 Å². The molecule has 1 amide bonds. The summed E-state index contributed by atoms with van der Waals surface area (Å²) in [6.07, 6.45) is 2.67. The van der Waals surface area contributed by atoms with Crippen LogP contribution in [0.25, 0.3) is 0 Å². The van der Waals surface area contributed by atoms with Crippen LogP contribution in [0.2, 0.25) is 0 Å². The number of benzene rings is 2. The molecule has 0 spiro atoms. The lowest BCUT2D eigenvalue weighted by molar-refractivity contribution is -0.130. The third kappa shape index (κ3) is 5.15. The molecule has 1 aliphatic heterocycles. The molecule has 0 bridgehead atoms. The molecule has 0 saturated carbocycles. The fourth-order valence-corrected chi connectivity index (χ4v) is 3.55. The van der Waals surface area contributed by atoms with Crippen LogP contribution in [0.15, 0.2) is 54.6 Å². The Morgan fingerprint density at radius 1 is 1.00 bits per heavy atom. The molecule has 0 radical (unpaired) electrons. The molecule has 26 heavy (non-hydrogen) atoms. The number of hydrogen-bond donors (Lipinski definition) is 0. The quantitative estimate of drug-likeness (QED) is 0.786. The Morgan fingerprint density at radius 3 is 2.54 bits per heavy atom. The molecular weight excluding hydrogens is 327 g/mol. The van der Waals surface area contributed by atoms with Crippen molar-refractivity contribution in [3.05, 3.63) is 71.5 Å². The van der Waals surface area contributed by atoms with E-state index in [9.17, 15) is 9.18 Å². The van der Waals surface area contributed by atoms with Gasteiger partial charge < -0.3 is 4.90 Å². The van der Waals surface area contributed by atoms with Crippen LogP contribution in [0.5, 0.6) is 0 Å². The maximum Gasteiger partial charge on any atom is 0.224 e. The first-order valence-corrected chi connectivity index (χ1v) is 9.42. The summed E-state index contributed by atoms with van der Waals surface area (Å²) in [4.78, 5) is 16.7. The van der Waals surface area contributed by atoms with E-state index < -0.39 is 0 Å². The van der Waals surface area contributed by atoms with Crippen molar-refractivity contribution in [1.29, 1.82) is 0 Å². The molecular formula is C22H27FN2O. The molecule has 4 heteroatoms. The molecule has 1 saturated heterocycles.